The fourth-order valence-corrected chi connectivity index (χ4v) is 2.69. The Balaban J connectivity index is 1.96. The van der Waals surface area contributed by atoms with Crippen LogP contribution in [0, 0.1) is 5.92 Å². The molecule has 2 aliphatic heterocycles. The monoisotopic (exact) mass is 253 g/mol. The number of halogens is 1. The number of nitrogens with zero attached hydrogens (tertiary/aromatic N) is 4. The number of nitrogens with two attached hydrogens (primary N) is 1. The van der Waals surface area contributed by atoms with Gasteiger partial charge in [0.25, 0.3) is 0 Å². The van der Waals surface area contributed by atoms with Crippen molar-refractivity contribution in [3.05, 3.63) is 0 Å². The molecule has 90 valence electrons. The van der Waals surface area contributed by atoms with Gasteiger partial charge in [-0.2, -0.15) is 0 Å². The second-order valence-corrected chi connectivity index (χ2v) is 4.87. The maximum Gasteiger partial charge on any atom is 0.209 e. The number of hydrogen-bond donors (Lipinski definition) is 2. The zero-order chi connectivity index (χ0) is 12.0. The molecule has 1 fully saturated rings. The second kappa shape index (κ2) is 3.69. The number of rotatable bonds is 1. The van der Waals surface area contributed by atoms with Crippen LogP contribution in [-0.2, 0) is 0 Å². The minimum absolute atomic E-state index is 0.00361. The Bertz CT molecular complexity index is 483. The largest absolute Gasteiger partial charge is 0.393 e. The molecule has 0 saturated heterocycles. The predicted octanol–water partition coefficient (Wildman–Crippen LogP) is 0.292. The van der Waals surface area contributed by atoms with Crippen LogP contribution in [0.1, 0.15) is 19.3 Å². The Labute approximate surface area is 103 Å². The third kappa shape index (κ3) is 1.72. The summed E-state index contributed by atoms with van der Waals surface area (Å²) in [5.74, 6) is -0.671. The van der Waals surface area contributed by atoms with Crippen LogP contribution in [-0.4, -0.2) is 40.1 Å². The topological polar surface area (TPSA) is 95.7 Å². The molecule has 1 aliphatic carbocycles. The molecule has 0 amide bonds. The first kappa shape index (κ1) is 11.0. The van der Waals surface area contributed by atoms with Crippen molar-refractivity contribution in [2.75, 3.05) is 0 Å². The summed E-state index contributed by atoms with van der Waals surface area (Å²) in [7, 11) is 0. The van der Waals surface area contributed by atoms with E-state index in [0.717, 1.165) is 12.8 Å². The van der Waals surface area contributed by atoms with Crippen LogP contribution in [0.3, 0.4) is 0 Å². The summed E-state index contributed by atoms with van der Waals surface area (Å²) >= 11 is 6.03. The lowest BCUT2D eigenvalue weighted by molar-refractivity contribution is 0.167. The third-order valence-corrected chi connectivity index (χ3v) is 3.61. The zero-order valence-electron chi connectivity index (χ0n) is 9.04. The normalized spacial score (nSPS) is 39.8. The molecule has 6 nitrogen and oxygen atoms in total. The van der Waals surface area contributed by atoms with Crippen LogP contribution >= 0.6 is 11.6 Å². The number of aliphatic hydroxyl groups is 1. The third-order valence-electron chi connectivity index (χ3n) is 3.34. The quantitative estimate of drug-likeness (QED) is 0.703. The Morgan fingerprint density at radius 2 is 2.24 bits per heavy atom. The molecule has 3 aliphatic rings. The molecule has 0 aromatic heterocycles. The molecule has 3 atom stereocenters. The summed E-state index contributed by atoms with van der Waals surface area (Å²) in [6.45, 7) is 0. The fraction of sp³-hybridized carbons (Fsp3) is 0.600. The summed E-state index contributed by atoms with van der Waals surface area (Å²) in [5, 5.41) is 9.81. The van der Waals surface area contributed by atoms with Crippen molar-refractivity contribution >= 4 is 34.7 Å². The van der Waals surface area contributed by atoms with E-state index in [0.29, 0.717) is 18.0 Å². The zero-order valence-corrected chi connectivity index (χ0v) is 9.80. The van der Waals surface area contributed by atoms with E-state index in [1.165, 1.54) is 6.34 Å². The first-order valence-corrected chi connectivity index (χ1v) is 5.89. The van der Waals surface area contributed by atoms with Crippen molar-refractivity contribution in [3.63, 3.8) is 0 Å². The maximum atomic E-state index is 9.56. The van der Waals surface area contributed by atoms with Gasteiger partial charge in [-0.3, -0.25) is 5.73 Å². The van der Waals surface area contributed by atoms with Crippen LogP contribution in [0.4, 0.5) is 0 Å². The highest BCUT2D eigenvalue weighted by Crippen LogP contribution is 2.36. The Morgan fingerprint density at radius 1 is 1.41 bits per heavy atom. The SMILES string of the molecule is NC1(C2CCC(O)C2)N=C(Cl)C2=NC=NC2=N1. The van der Waals surface area contributed by atoms with Crippen molar-refractivity contribution in [1.82, 2.24) is 0 Å². The molecular weight excluding hydrogens is 242 g/mol. The van der Waals surface area contributed by atoms with E-state index in [-0.39, 0.29) is 17.2 Å². The second-order valence-electron chi connectivity index (χ2n) is 4.51. The van der Waals surface area contributed by atoms with Gasteiger partial charge in [-0.1, -0.05) is 11.6 Å². The average molecular weight is 254 g/mol. The molecule has 0 radical (unpaired) electrons. The molecule has 0 aromatic rings. The van der Waals surface area contributed by atoms with Crippen LogP contribution in [0.15, 0.2) is 20.0 Å². The lowest BCUT2D eigenvalue weighted by Gasteiger charge is -2.30. The van der Waals surface area contributed by atoms with Crippen molar-refractivity contribution in [3.8, 4) is 0 Å². The number of hydrogen-bond acceptors (Lipinski definition) is 6. The Hall–Kier alpha value is -1.11. The molecule has 17 heavy (non-hydrogen) atoms. The number of fused-ring (bicyclic) bond motifs is 1. The molecule has 1 saturated carbocycles. The highest BCUT2D eigenvalue weighted by atomic mass is 35.5. The lowest BCUT2D eigenvalue weighted by atomic mass is 9.99. The fourth-order valence-electron chi connectivity index (χ4n) is 2.42. The van der Waals surface area contributed by atoms with Crippen LogP contribution in [0.2, 0.25) is 0 Å². The van der Waals surface area contributed by atoms with Gasteiger partial charge in [0.05, 0.1) is 6.10 Å². The van der Waals surface area contributed by atoms with Crippen LogP contribution < -0.4 is 5.73 Å². The summed E-state index contributed by atoms with van der Waals surface area (Å²) in [5.41, 5.74) is 6.65. The number of amidine groups is 1. The van der Waals surface area contributed by atoms with E-state index in [1.54, 1.807) is 0 Å². The molecule has 3 unspecified atom stereocenters. The van der Waals surface area contributed by atoms with Crippen LogP contribution in [0.5, 0.6) is 0 Å². The van der Waals surface area contributed by atoms with Gasteiger partial charge in [0.2, 0.25) is 5.79 Å². The highest BCUT2D eigenvalue weighted by molar-refractivity contribution is 6.94. The van der Waals surface area contributed by atoms with Gasteiger partial charge in [0, 0.05) is 5.92 Å². The van der Waals surface area contributed by atoms with Gasteiger partial charge in [-0.05, 0) is 19.3 Å². The summed E-state index contributed by atoms with van der Waals surface area (Å²) in [6, 6.07) is 0. The minimum atomic E-state index is -1.11. The van der Waals surface area contributed by atoms with Gasteiger partial charge in [0.15, 0.2) is 11.0 Å². The van der Waals surface area contributed by atoms with Gasteiger partial charge in [-0.25, -0.2) is 20.0 Å². The first-order valence-electron chi connectivity index (χ1n) is 5.52. The van der Waals surface area contributed by atoms with E-state index < -0.39 is 5.79 Å². The van der Waals surface area contributed by atoms with Crippen molar-refractivity contribution in [2.45, 2.75) is 31.2 Å². The molecule has 0 spiro atoms. The van der Waals surface area contributed by atoms with Gasteiger partial charge < -0.3 is 5.11 Å². The first-order chi connectivity index (χ1) is 8.08. The van der Waals surface area contributed by atoms with Gasteiger partial charge in [0.1, 0.15) is 12.1 Å². The van der Waals surface area contributed by atoms with Crippen molar-refractivity contribution in [2.24, 2.45) is 31.6 Å². The van der Waals surface area contributed by atoms with E-state index in [1.807, 2.05) is 0 Å². The van der Waals surface area contributed by atoms with Crippen molar-refractivity contribution in [1.29, 1.82) is 0 Å². The molecule has 3 N–H and O–H groups in total. The van der Waals surface area contributed by atoms with E-state index in [9.17, 15) is 5.11 Å². The predicted molar refractivity (Wildman–Crippen MR) is 66.9 cm³/mol. The number of aliphatic imine (C=N–C) groups is 4. The Morgan fingerprint density at radius 3 is 2.94 bits per heavy atom. The molecular formula is C10H12ClN5O. The van der Waals surface area contributed by atoms with E-state index in [4.69, 9.17) is 17.3 Å². The average Bonchev–Trinajstić information content (AvgIpc) is 2.86. The number of aliphatic hydroxyl groups excluding tert-OH is 1. The van der Waals surface area contributed by atoms with Gasteiger partial charge in [-0.15, -0.1) is 0 Å². The summed E-state index contributed by atoms with van der Waals surface area (Å²) < 4.78 is 0. The standard InChI is InChI=1S/C10H12ClN5O/c11-8-7-9(14-4-13-7)16-10(12,15-8)5-1-2-6(17)3-5/h4-6,17H,1-3,12H2. The molecule has 7 heteroatoms. The Kier molecular flexibility index (Phi) is 2.39. The van der Waals surface area contributed by atoms with Gasteiger partial charge >= 0.3 is 0 Å². The highest BCUT2D eigenvalue weighted by Gasteiger charge is 2.43. The van der Waals surface area contributed by atoms with Crippen LogP contribution in [0.25, 0.3) is 0 Å². The lowest BCUT2D eigenvalue weighted by Crippen LogP contribution is -2.48. The molecule has 3 rings (SSSR count). The maximum absolute atomic E-state index is 9.56. The van der Waals surface area contributed by atoms with E-state index >= 15 is 0 Å². The smallest absolute Gasteiger partial charge is 0.209 e. The summed E-state index contributed by atoms with van der Waals surface area (Å²) in [4.78, 5) is 16.5. The summed E-state index contributed by atoms with van der Waals surface area (Å²) in [6.07, 6.45) is 3.18. The molecule has 0 bridgehead atoms. The molecule has 0 aromatic carbocycles. The van der Waals surface area contributed by atoms with E-state index in [2.05, 4.69) is 20.0 Å². The minimum Gasteiger partial charge on any atom is -0.393 e. The van der Waals surface area contributed by atoms with Crippen molar-refractivity contribution < 1.29 is 5.11 Å². The molecule has 2 heterocycles.